The van der Waals surface area contributed by atoms with Crippen molar-refractivity contribution in [1.29, 1.82) is 0 Å². The lowest BCUT2D eigenvalue weighted by molar-refractivity contribution is 1.46. The summed E-state index contributed by atoms with van der Waals surface area (Å²) in [5.74, 6) is 0. The highest BCUT2D eigenvalue weighted by molar-refractivity contribution is 14.1. The normalized spacial score (nSPS) is 10.7. The van der Waals surface area contributed by atoms with Crippen LogP contribution >= 0.6 is 34.2 Å². The van der Waals surface area contributed by atoms with Gasteiger partial charge in [0.25, 0.3) is 0 Å². The van der Waals surface area contributed by atoms with Crippen LogP contribution in [0.25, 0.3) is 10.9 Å². The van der Waals surface area contributed by atoms with Gasteiger partial charge in [-0.1, -0.05) is 11.6 Å². The van der Waals surface area contributed by atoms with Crippen LogP contribution in [0.4, 0.5) is 0 Å². The number of benzene rings is 1. The lowest BCUT2D eigenvalue weighted by atomic mass is 10.2. The van der Waals surface area contributed by atoms with Crippen molar-refractivity contribution in [1.82, 2.24) is 4.98 Å². The van der Waals surface area contributed by atoms with Gasteiger partial charge in [0.05, 0.1) is 5.52 Å². The van der Waals surface area contributed by atoms with E-state index >= 15 is 0 Å². The molecule has 1 N–H and O–H groups in total. The summed E-state index contributed by atoms with van der Waals surface area (Å²) in [6.45, 7) is 0. The van der Waals surface area contributed by atoms with Gasteiger partial charge in [-0.2, -0.15) is 0 Å². The van der Waals surface area contributed by atoms with Gasteiger partial charge in [-0.15, -0.1) is 0 Å². The lowest BCUT2D eigenvalue weighted by Gasteiger charge is -1.94. The SMILES string of the molecule is Clc1cc(I)c2[nH]ccc2c1. The molecule has 0 saturated carbocycles. The summed E-state index contributed by atoms with van der Waals surface area (Å²) in [7, 11) is 0. The highest BCUT2D eigenvalue weighted by Gasteiger charge is 1.99. The Labute approximate surface area is 82.9 Å². The third-order valence-electron chi connectivity index (χ3n) is 1.58. The third-order valence-corrected chi connectivity index (χ3v) is 2.65. The van der Waals surface area contributed by atoms with Crippen LogP contribution in [-0.4, -0.2) is 4.98 Å². The molecule has 0 atom stereocenters. The molecule has 0 bridgehead atoms. The molecule has 2 aromatic rings. The van der Waals surface area contributed by atoms with Crippen molar-refractivity contribution in [2.75, 3.05) is 0 Å². The molecule has 1 aromatic carbocycles. The van der Waals surface area contributed by atoms with Gasteiger partial charge in [-0.25, -0.2) is 0 Å². The maximum atomic E-state index is 5.86. The fourth-order valence-electron chi connectivity index (χ4n) is 1.09. The molecule has 11 heavy (non-hydrogen) atoms. The smallest absolute Gasteiger partial charge is 0.0590 e. The van der Waals surface area contributed by atoms with E-state index in [0.29, 0.717) is 0 Å². The first-order valence-electron chi connectivity index (χ1n) is 3.19. The van der Waals surface area contributed by atoms with E-state index in [9.17, 15) is 0 Å². The Morgan fingerprint density at radius 3 is 3.00 bits per heavy atom. The van der Waals surface area contributed by atoms with Crippen LogP contribution < -0.4 is 0 Å². The average Bonchev–Trinajstić information content (AvgIpc) is 2.34. The molecule has 56 valence electrons. The van der Waals surface area contributed by atoms with Crippen LogP contribution in [0.2, 0.25) is 5.02 Å². The van der Waals surface area contributed by atoms with Crippen molar-refractivity contribution in [2.45, 2.75) is 0 Å². The topological polar surface area (TPSA) is 15.8 Å². The van der Waals surface area contributed by atoms with Crippen LogP contribution in [-0.2, 0) is 0 Å². The summed E-state index contributed by atoms with van der Waals surface area (Å²) < 4.78 is 1.16. The second-order valence-corrected chi connectivity index (χ2v) is 3.93. The van der Waals surface area contributed by atoms with Crippen LogP contribution in [0.1, 0.15) is 0 Å². The fourth-order valence-corrected chi connectivity index (χ4v) is 2.31. The molecule has 3 heteroatoms. The lowest BCUT2D eigenvalue weighted by Crippen LogP contribution is -1.74. The number of rotatable bonds is 0. The van der Waals surface area contributed by atoms with Gasteiger partial charge in [-0.05, 0) is 40.8 Å². The van der Waals surface area contributed by atoms with Crippen molar-refractivity contribution in [3.8, 4) is 0 Å². The first-order valence-corrected chi connectivity index (χ1v) is 4.65. The predicted molar refractivity (Wildman–Crippen MR) is 56.0 cm³/mol. The molecule has 0 saturated heterocycles. The average molecular weight is 277 g/mol. The van der Waals surface area contributed by atoms with E-state index in [-0.39, 0.29) is 0 Å². The quantitative estimate of drug-likeness (QED) is 0.710. The second kappa shape index (κ2) is 2.68. The summed E-state index contributed by atoms with van der Waals surface area (Å²) >= 11 is 8.13. The van der Waals surface area contributed by atoms with E-state index in [1.54, 1.807) is 0 Å². The molecule has 0 spiro atoms. The first kappa shape index (κ1) is 7.43. The summed E-state index contributed by atoms with van der Waals surface area (Å²) in [4.78, 5) is 3.15. The largest absolute Gasteiger partial charge is 0.360 e. The van der Waals surface area contributed by atoms with Crippen molar-refractivity contribution in [3.63, 3.8) is 0 Å². The summed E-state index contributed by atoms with van der Waals surface area (Å²) in [6, 6.07) is 5.92. The van der Waals surface area contributed by atoms with E-state index in [4.69, 9.17) is 11.6 Å². The monoisotopic (exact) mass is 277 g/mol. The van der Waals surface area contributed by atoms with Gasteiger partial charge in [0.2, 0.25) is 0 Å². The number of halogens is 2. The standard InChI is InChI=1S/C8H5ClIN/c9-6-3-5-1-2-11-8(5)7(10)4-6/h1-4,11H. The molecule has 0 unspecified atom stereocenters. The minimum absolute atomic E-state index is 0.793. The molecule has 0 aliphatic carbocycles. The Morgan fingerprint density at radius 1 is 1.36 bits per heavy atom. The summed E-state index contributed by atoms with van der Waals surface area (Å²) in [5, 5.41) is 1.96. The van der Waals surface area contributed by atoms with Crippen LogP contribution in [0.3, 0.4) is 0 Å². The predicted octanol–water partition coefficient (Wildman–Crippen LogP) is 3.43. The number of aromatic nitrogens is 1. The van der Waals surface area contributed by atoms with Crippen LogP contribution in [0.15, 0.2) is 24.4 Å². The summed E-state index contributed by atoms with van der Waals surface area (Å²) in [5.41, 5.74) is 1.16. The molecule has 0 aliphatic heterocycles. The van der Waals surface area contributed by atoms with E-state index < -0.39 is 0 Å². The van der Waals surface area contributed by atoms with Crippen molar-refractivity contribution in [2.24, 2.45) is 0 Å². The highest BCUT2D eigenvalue weighted by Crippen LogP contribution is 2.23. The Kier molecular flexibility index (Phi) is 1.81. The van der Waals surface area contributed by atoms with E-state index in [2.05, 4.69) is 27.6 Å². The molecular formula is C8H5ClIN. The number of hydrogen-bond donors (Lipinski definition) is 1. The van der Waals surface area contributed by atoms with Gasteiger partial charge < -0.3 is 4.98 Å². The summed E-state index contributed by atoms with van der Waals surface area (Å²) in [6.07, 6.45) is 1.92. The maximum Gasteiger partial charge on any atom is 0.0590 e. The minimum Gasteiger partial charge on any atom is -0.360 e. The van der Waals surface area contributed by atoms with Crippen molar-refractivity contribution >= 4 is 45.1 Å². The minimum atomic E-state index is 0.793. The van der Waals surface area contributed by atoms with Gasteiger partial charge in [0, 0.05) is 20.2 Å². The zero-order chi connectivity index (χ0) is 7.84. The van der Waals surface area contributed by atoms with Gasteiger partial charge in [0.15, 0.2) is 0 Å². The Morgan fingerprint density at radius 2 is 2.18 bits per heavy atom. The first-order chi connectivity index (χ1) is 5.27. The number of nitrogens with one attached hydrogen (secondary N) is 1. The van der Waals surface area contributed by atoms with Gasteiger partial charge >= 0.3 is 0 Å². The zero-order valence-corrected chi connectivity index (χ0v) is 8.48. The molecule has 0 amide bonds. The number of fused-ring (bicyclic) bond motifs is 1. The van der Waals surface area contributed by atoms with Crippen molar-refractivity contribution < 1.29 is 0 Å². The molecule has 1 heterocycles. The van der Waals surface area contributed by atoms with Crippen LogP contribution in [0, 0.1) is 3.57 Å². The Hall–Kier alpha value is -0.220. The highest BCUT2D eigenvalue weighted by atomic mass is 127. The number of aromatic amines is 1. The molecule has 1 nitrogen and oxygen atoms in total. The molecule has 2 rings (SSSR count). The Balaban J connectivity index is 2.91. The van der Waals surface area contributed by atoms with E-state index in [1.165, 1.54) is 5.39 Å². The Bertz CT molecular complexity index is 394. The molecular weight excluding hydrogens is 272 g/mol. The van der Waals surface area contributed by atoms with Crippen molar-refractivity contribution in [3.05, 3.63) is 33.0 Å². The van der Waals surface area contributed by atoms with E-state index in [1.807, 2.05) is 24.4 Å². The fraction of sp³-hybridized carbons (Fsp3) is 0. The second-order valence-electron chi connectivity index (χ2n) is 2.33. The van der Waals surface area contributed by atoms with E-state index in [0.717, 1.165) is 14.1 Å². The van der Waals surface area contributed by atoms with Crippen LogP contribution in [0.5, 0.6) is 0 Å². The number of hydrogen-bond acceptors (Lipinski definition) is 0. The molecule has 1 aromatic heterocycles. The molecule has 0 fully saturated rings. The maximum absolute atomic E-state index is 5.86. The number of H-pyrrole nitrogens is 1. The van der Waals surface area contributed by atoms with Gasteiger partial charge in [-0.3, -0.25) is 0 Å². The molecule has 0 radical (unpaired) electrons. The van der Waals surface area contributed by atoms with Gasteiger partial charge in [0.1, 0.15) is 0 Å². The molecule has 0 aliphatic rings. The third kappa shape index (κ3) is 1.25. The zero-order valence-electron chi connectivity index (χ0n) is 5.57.